The number of hydrogen-bond acceptors (Lipinski definition) is 13. The van der Waals surface area contributed by atoms with Crippen molar-refractivity contribution in [2.75, 3.05) is 86.7 Å². The van der Waals surface area contributed by atoms with Gasteiger partial charge in [-0.25, -0.2) is 9.37 Å². The molecule has 360 valence electrons. The van der Waals surface area contributed by atoms with Crippen molar-refractivity contribution in [3.63, 3.8) is 0 Å². The summed E-state index contributed by atoms with van der Waals surface area (Å²) in [6.07, 6.45) is 10.2. The van der Waals surface area contributed by atoms with E-state index in [9.17, 15) is 19.5 Å². The molecule has 0 saturated carbocycles. The molecule has 3 amide bonds. The van der Waals surface area contributed by atoms with Crippen LogP contribution >= 0.6 is 0 Å². The molecule has 2 bridgehead atoms. The topological polar surface area (TPSA) is 154 Å². The molecule has 16 heteroatoms. The van der Waals surface area contributed by atoms with Gasteiger partial charge in [0, 0.05) is 106 Å². The van der Waals surface area contributed by atoms with Crippen molar-refractivity contribution in [1.82, 2.24) is 40.3 Å². The van der Waals surface area contributed by atoms with Crippen LogP contribution in [0.5, 0.6) is 5.75 Å². The fourth-order valence-corrected chi connectivity index (χ4v) is 12.6. The maximum absolute atomic E-state index is 17.2. The molecule has 12 rings (SSSR count). The van der Waals surface area contributed by atoms with Crippen molar-refractivity contribution >= 4 is 56.9 Å². The summed E-state index contributed by atoms with van der Waals surface area (Å²) in [5, 5.41) is 19.3. The first kappa shape index (κ1) is 44.3. The molecule has 5 aromatic rings. The molecule has 2 aromatic heterocycles. The fraction of sp³-hybridized carbons (Fsp3) is 0.509. The van der Waals surface area contributed by atoms with Gasteiger partial charge in [-0.3, -0.25) is 34.5 Å². The van der Waals surface area contributed by atoms with Crippen LogP contribution < -0.4 is 25.3 Å². The zero-order valence-corrected chi connectivity index (χ0v) is 39.5. The van der Waals surface area contributed by atoms with E-state index in [4.69, 9.17) is 15.0 Å². The summed E-state index contributed by atoms with van der Waals surface area (Å²) in [4.78, 5) is 66.1. The molecule has 0 aliphatic carbocycles. The molecule has 7 aliphatic rings. The van der Waals surface area contributed by atoms with Crippen molar-refractivity contribution in [1.29, 1.82) is 0 Å². The van der Waals surface area contributed by atoms with Crippen molar-refractivity contribution in [2.24, 2.45) is 5.92 Å². The second-order valence-corrected chi connectivity index (χ2v) is 20.7. The Morgan fingerprint density at radius 1 is 0.826 bits per heavy atom. The molecule has 3 N–H and O–H groups in total. The summed E-state index contributed by atoms with van der Waals surface area (Å²) in [5.41, 5.74) is 4.85. The molecule has 69 heavy (non-hydrogen) atoms. The van der Waals surface area contributed by atoms with Gasteiger partial charge in [0.2, 0.25) is 17.8 Å². The number of carbonyl (C=O) groups is 3. The highest BCUT2D eigenvalue weighted by atomic mass is 19.1. The smallest absolute Gasteiger partial charge is 0.255 e. The van der Waals surface area contributed by atoms with E-state index < -0.39 is 11.9 Å². The number of amides is 3. The van der Waals surface area contributed by atoms with Gasteiger partial charge in [-0.05, 0) is 129 Å². The molecule has 15 nitrogen and oxygen atoms in total. The zero-order chi connectivity index (χ0) is 46.9. The number of pyridine rings is 1. The molecule has 2 unspecified atom stereocenters. The van der Waals surface area contributed by atoms with E-state index in [1.165, 1.54) is 25.7 Å². The lowest BCUT2D eigenvalue weighted by molar-refractivity contribution is -0.136. The predicted octanol–water partition coefficient (Wildman–Crippen LogP) is 5.46. The normalized spacial score (nSPS) is 23.9. The van der Waals surface area contributed by atoms with Crippen LogP contribution in [0.4, 0.5) is 21.8 Å². The van der Waals surface area contributed by atoms with Gasteiger partial charge in [0.15, 0.2) is 5.82 Å². The number of rotatable bonds is 11. The van der Waals surface area contributed by atoms with Crippen LogP contribution in [-0.2, 0) is 22.6 Å². The van der Waals surface area contributed by atoms with Gasteiger partial charge in [-0.15, -0.1) is 0 Å². The van der Waals surface area contributed by atoms with Gasteiger partial charge in [-0.1, -0.05) is 25.1 Å². The number of aromatic nitrogens is 3. The summed E-state index contributed by atoms with van der Waals surface area (Å²) in [7, 11) is 0. The first-order valence-corrected chi connectivity index (χ1v) is 25.5. The first-order valence-electron chi connectivity index (χ1n) is 25.5. The number of piperazine rings is 2. The number of aromatic hydroxyl groups is 1. The monoisotopic (exact) mass is 935 g/mol. The number of hydrogen-bond donors (Lipinski definition) is 3. The van der Waals surface area contributed by atoms with Gasteiger partial charge in [0.05, 0.1) is 5.39 Å². The molecular formula is C53H62FN11O4. The SMILES string of the molecule is CCc1cccc2cc(O)cc(-c3ncc4c(N5CC6CCC(C5)N6)nc(N5CC(N6CCC(CCCN7CCN(c8ccc9c(c8)CN([C@H]8CCC(=O)NC8=O)C9=O)CC7)CC6)C5)nc4c3F)c12. The number of imide groups is 1. The van der Waals surface area contributed by atoms with E-state index in [-0.39, 0.29) is 41.1 Å². The number of carbonyl (C=O) groups excluding carboxylic acids is 3. The molecular weight excluding hydrogens is 874 g/mol. The van der Waals surface area contributed by atoms with Crippen LogP contribution in [0.2, 0.25) is 0 Å². The summed E-state index contributed by atoms with van der Waals surface area (Å²) in [5.74, 6) is 0.875. The standard InChI is InChI=1S/C53H62FN11O4/c1-2-33-6-3-7-34-24-40(66)25-42(46(33)34)48-47(54)49-43(26-55-48)50(63-28-36-8-9-37(29-63)56-36)59-53(58-49)64-30-39(31-64)61-17-14-32(15-18-61)5-4-16-60-19-21-62(22-20-60)38-10-11-41-35(23-38)27-65(52(41)69)44-12-13-45(67)57-51(44)68/h3,6-7,10-11,23-26,32,36-37,39,44,56,66H,2,4-5,8-9,12-22,27-31H2,1H3,(H,57,67,68)/t36?,37?,44-/m0/s1. The number of likely N-dealkylation sites (tertiary alicyclic amines) is 1. The van der Waals surface area contributed by atoms with E-state index >= 15 is 4.39 Å². The molecule has 9 heterocycles. The minimum absolute atomic E-state index is 0.0767. The van der Waals surface area contributed by atoms with E-state index in [1.54, 1.807) is 23.2 Å². The van der Waals surface area contributed by atoms with Crippen LogP contribution in [0.15, 0.2) is 54.7 Å². The largest absolute Gasteiger partial charge is 0.508 e. The lowest BCUT2D eigenvalue weighted by Crippen LogP contribution is -2.61. The van der Waals surface area contributed by atoms with E-state index in [0.29, 0.717) is 53.6 Å². The number of benzene rings is 3. The van der Waals surface area contributed by atoms with Crippen LogP contribution in [0, 0.1) is 11.7 Å². The van der Waals surface area contributed by atoms with Crippen molar-refractivity contribution in [3.8, 4) is 17.0 Å². The Morgan fingerprint density at radius 3 is 2.39 bits per heavy atom. The predicted molar refractivity (Wildman–Crippen MR) is 264 cm³/mol. The number of phenols is 1. The molecule has 6 saturated heterocycles. The Kier molecular flexibility index (Phi) is 11.6. The van der Waals surface area contributed by atoms with Gasteiger partial charge >= 0.3 is 0 Å². The Hall–Kier alpha value is -5.97. The molecule has 3 aromatic carbocycles. The van der Waals surface area contributed by atoms with Gasteiger partial charge in [-0.2, -0.15) is 4.98 Å². The molecule has 0 spiro atoms. The molecule has 0 radical (unpaired) electrons. The first-order chi connectivity index (χ1) is 33.6. The number of halogens is 1. The third kappa shape index (κ3) is 8.31. The maximum atomic E-state index is 17.2. The van der Waals surface area contributed by atoms with Crippen LogP contribution in [0.1, 0.15) is 79.8 Å². The van der Waals surface area contributed by atoms with Crippen molar-refractivity contribution in [2.45, 2.75) is 95.4 Å². The molecule has 7 aliphatic heterocycles. The maximum Gasteiger partial charge on any atom is 0.255 e. The average molecular weight is 936 g/mol. The van der Waals surface area contributed by atoms with Crippen LogP contribution in [0.25, 0.3) is 32.9 Å². The van der Waals surface area contributed by atoms with E-state index in [2.05, 4.69) is 54.2 Å². The van der Waals surface area contributed by atoms with Crippen molar-refractivity contribution < 1.29 is 23.9 Å². The minimum atomic E-state index is -0.598. The summed E-state index contributed by atoms with van der Waals surface area (Å²) in [6, 6.07) is 16.0. The zero-order valence-electron chi connectivity index (χ0n) is 39.5. The minimum Gasteiger partial charge on any atom is -0.508 e. The van der Waals surface area contributed by atoms with E-state index in [0.717, 1.165) is 131 Å². The van der Waals surface area contributed by atoms with Gasteiger partial charge < -0.3 is 30.0 Å². The second-order valence-electron chi connectivity index (χ2n) is 20.7. The third-order valence-electron chi connectivity index (χ3n) is 16.5. The number of aryl methyl sites for hydroxylation is 1. The highest BCUT2D eigenvalue weighted by Gasteiger charge is 2.41. The average Bonchev–Trinajstić information content (AvgIpc) is 3.86. The number of piperidine rings is 2. The van der Waals surface area contributed by atoms with Crippen molar-refractivity contribution in [3.05, 3.63) is 77.2 Å². The third-order valence-corrected chi connectivity index (χ3v) is 16.5. The van der Waals surface area contributed by atoms with E-state index in [1.807, 2.05) is 24.3 Å². The lowest BCUT2D eigenvalue weighted by Gasteiger charge is -2.48. The summed E-state index contributed by atoms with van der Waals surface area (Å²) < 4.78 is 17.2. The summed E-state index contributed by atoms with van der Waals surface area (Å²) in [6.45, 7) is 12.9. The number of phenolic OH excluding ortho intramolecular Hbond substituents is 1. The molecule has 6 fully saturated rings. The van der Waals surface area contributed by atoms with Gasteiger partial charge in [0.25, 0.3) is 5.91 Å². The number of nitrogens with zero attached hydrogens (tertiary/aromatic N) is 9. The Bertz CT molecular complexity index is 2830. The highest BCUT2D eigenvalue weighted by Crippen LogP contribution is 2.40. The Morgan fingerprint density at radius 2 is 1.62 bits per heavy atom. The summed E-state index contributed by atoms with van der Waals surface area (Å²) >= 11 is 0. The van der Waals surface area contributed by atoms with Gasteiger partial charge in [0.1, 0.15) is 28.8 Å². The Labute approximate surface area is 402 Å². The second kappa shape index (κ2) is 18.1. The fourth-order valence-electron chi connectivity index (χ4n) is 12.6. The highest BCUT2D eigenvalue weighted by molar-refractivity contribution is 6.06. The number of nitrogens with one attached hydrogen (secondary N) is 2. The van der Waals surface area contributed by atoms with Crippen LogP contribution in [-0.4, -0.2) is 149 Å². The lowest BCUT2D eigenvalue weighted by atomic mass is 9.90. The molecule has 3 atom stereocenters. The Balaban J connectivity index is 0.652. The van der Waals surface area contributed by atoms with Crippen LogP contribution in [0.3, 0.4) is 0 Å². The number of fused-ring (bicyclic) bond motifs is 5. The quantitative estimate of drug-likeness (QED) is 0.144. The number of anilines is 3.